The molecule has 0 aromatic heterocycles. The van der Waals surface area contributed by atoms with Crippen LogP contribution in [0, 0.1) is 11.8 Å². The smallest absolute Gasteiger partial charge is 0.380 e. The molecule has 0 spiro atoms. The average Bonchev–Trinajstić information content (AvgIpc) is 2.60. The van der Waals surface area contributed by atoms with Gasteiger partial charge in [-0.15, -0.1) is 0 Å². The Hall–Kier alpha value is -1.07. The Kier molecular flexibility index (Phi) is 3.29. The molecule has 2 atom stereocenters. The first kappa shape index (κ1) is 13.9. The van der Waals surface area contributed by atoms with Gasteiger partial charge in [0.25, 0.3) is 0 Å². The Bertz CT molecular complexity index is 460. The molecule has 2 nitrogen and oxygen atoms in total. The Labute approximate surface area is 116 Å². The van der Waals surface area contributed by atoms with E-state index in [1.165, 1.54) is 0 Å². The van der Waals surface area contributed by atoms with Crippen LogP contribution in [0.5, 0.6) is 0 Å². The van der Waals surface area contributed by atoms with Crippen LogP contribution < -0.4 is 0 Å². The molecule has 0 unspecified atom stereocenters. The van der Waals surface area contributed by atoms with Crippen LogP contribution in [0.4, 0.5) is 13.2 Å². The number of benzene rings is 1. The van der Waals surface area contributed by atoms with E-state index >= 15 is 0 Å². The van der Waals surface area contributed by atoms with Gasteiger partial charge in [-0.3, -0.25) is 4.90 Å². The van der Waals surface area contributed by atoms with E-state index in [4.69, 9.17) is 0 Å². The molecule has 2 fully saturated rings. The van der Waals surface area contributed by atoms with E-state index < -0.39 is 23.6 Å². The summed E-state index contributed by atoms with van der Waals surface area (Å²) in [5.41, 5.74) is -1.37. The summed E-state index contributed by atoms with van der Waals surface area (Å²) >= 11 is 0. The molecular weight excluding hydrogens is 267 g/mol. The van der Waals surface area contributed by atoms with Crippen molar-refractivity contribution in [2.24, 2.45) is 11.8 Å². The fourth-order valence-corrected chi connectivity index (χ4v) is 3.77. The predicted octanol–water partition coefficient (Wildman–Crippen LogP) is 2.82. The molecule has 1 saturated carbocycles. The minimum atomic E-state index is -4.52. The second kappa shape index (κ2) is 4.74. The Morgan fingerprint density at radius 2 is 1.65 bits per heavy atom. The summed E-state index contributed by atoms with van der Waals surface area (Å²) in [6.45, 7) is 1.30. The maximum absolute atomic E-state index is 13.2. The van der Waals surface area contributed by atoms with Crippen molar-refractivity contribution >= 4 is 0 Å². The zero-order valence-corrected chi connectivity index (χ0v) is 11.1. The molecule has 2 bridgehead atoms. The molecule has 0 radical (unpaired) electrons. The van der Waals surface area contributed by atoms with Crippen molar-refractivity contribution in [1.29, 1.82) is 0 Å². The lowest BCUT2D eigenvalue weighted by molar-refractivity contribution is -0.298. The highest BCUT2D eigenvalue weighted by atomic mass is 19.4. The number of halogens is 3. The molecule has 20 heavy (non-hydrogen) atoms. The summed E-state index contributed by atoms with van der Waals surface area (Å²) in [5.74, 6) is -1.38. The second-order valence-corrected chi connectivity index (χ2v) is 5.97. The van der Waals surface area contributed by atoms with Crippen LogP contribution in [-0.2, 0) is 6.54 Å². The number of rotatable bonds is 2. The molecule has 1 aliphatic heterocycles. The Morgan fingerprint density at radius 1 is 1.10 bits per heavy atom. The molecule has 1 N–H and O–H groups in total. The van der Waals surface area contributed by atoms with Gasteiger partial charge in [0.05, 0.1) is 0 Å². The van der Waals surface area contributed by atoms with Crippen LogP contribution >= 0.6 is 0 Å². The van der Waals surface area contributed by atoms with Gasteiger partial charge in [0, 0.05) is 31.5 Å². The van der Waals surface area contributed by atoms with Gasteiger partial charge in [-0.1, -0.05) is 30.3 Å². The van der Waals surface area contributed by atoms with Crippen LogP contribution in [0.3, 0.4) is 0 Å². The largest absolute Gasteiger partial charge is 0.417 e. The van der Waals surface area contributed by atoms with Crippen LogP contribution in [0.25, 0.3) is 0 Å². The van der Waals surface area contributed by atoms with Gasteiger partial charge in [-0.25, -0.2) is 0 Å². The summed E-state index contributed by atoms with van der Waals surface area (Å²) in [5, 5.41) is 10.1. The van der Waals surface area contributed by atoms with E-state index in [9.17, 15) is 18.3 Å². The number of alkyl halides is 3. The summed E-state index contributed by atoms with van der Waals surface area (Å²) in [6.07, 6.45) is -3.59. The molecule has 1 aromatic carbocycles. The molecule has 1 saturated heterocycles. The normalized spacial score (nSPS) is 34.4. The van der Waals surface area contributed by atoms with Crippen molar-refractivity contribution in [2.45, 2.75) is 31.2 Å². The van der Waals surface area contributed by atoms with Crippen molar-refractivity contribution in [3.05, 3.63) is 35.9 Å². The summed E-state index contributed by atoms with van der Waals surface area (Å²) in [4.78, 5) is 2.04. The maximum Gasteiger partial charge on any atom is 0.417 e. The average molecular weight is 285 g/mol. The Balaban J connectivity index is 1.74. The van der Waals surface area contributed by atoms with Gasteiger partial charge in [0.1, 0.15) is 0 Å². The van der Waals surface area contributed by atoms with E-state index in [2.05, 4.69) is 0 Å². The van der Waals surface area contributed by atoms with Crippen LogP contribution in [0.1, 0.15) is 18.4 Å². The first-order valence-electron chi connectivity index (χ1n) is 6.96. The lowest BCUT2D eigenvalue weighted by Gasteiger charge is -2.45. The third kappa shape index (κ3) is 2.13. The molecular formula is C15H18F3NO. The van der Waals surface area contributed by atoms with Crippen molar-refractivity contribution in [3.63, 3.8) is 0 Å². The summed E-state index contributed by atoms with van der Waals surface area (Å²) in [6, 6.07) is 9.74. The minimum Gasteiger partial charge on any atom is -0.380 e. The highest BCUT2D eigenvalue weighted by Gasteiger charge is 2.67. The van der Waals surface area contributed by atoms with E-state index in [1.807, 2.05) is 35.2 Å². The molecule has 1 heterocycles. The van der Waals surface area contributed by atoms with Gasteiger partial charge in [-0.2, -0.15) is 13.2 Å². The summed E-state index contributed by atoms with van der Waals surface area (Å²) < 4.78 is 39.5. The number of hydrogen-bond donors (Lipinski definition) is 1. The zero-order valence-electron chi connectivity index (χ0n) is 11.1. The summed E-state index contributed by atoms with van der Waals surface area (Å²) in [7, 11) is 0. The van der Waals surface area contributed by atoms with E-state index in [1.54, 1.807) is 0 Å². The molecule has 3 rings (SSSR count). The predicted molar refractivity (Wildman–Crippen MR) is 68.9 cm³/mol. The highest BCUT2D eigenvalue weighted by Crippen LogP contribution is 2.53. The van der Waals surface area contributed by atoms with E-state index in [0.717, 1.165) is 5.56 Å². The molecule has 2 aliphatic rings. The maximum atomic E-state index is 13.2. The molecule has 5 heteroatoms. The van der Waals surface area contributed by atoms with Crippen LogP contribution in [0.15, 0.2) is 30.3 Å². The number of piperidine rings is 1. The van der Waals surface area contributed by atoms with Gasteiger partial charge in [0.2, 0.25) is 0 Å². The molecule has 110 valence electrons. The van der Waals surface area contributed by atoms with Crippen molar-refractivity contribution < 1.29 is 18.3 Å². The standard InChI is InChI=1S/C15H18F3NO/c16-15(17,18)14(20)12-6-7-13(14)10-19(9-12)8-11-4-2-1-3-5-11/h1-5,12-13,20H,6-10H2/t12-,13-/m1/s1. The number of likely N-dealkylation sites (tertiary alicyclic amines) is 1. The number of aliphatic hydroxyl groups is 1. The van der Waals surface area contributed by atoms with Gasteiger partial charge in [0.15, 0.2) is 5.60 Å². The topological polar surface area (TPSA) is 23.5 Å². The molecule has 1 aliphatic carbocycles. The Morgan fingerprint density at radius 3 is 2.15 bits per heavy atom. The SMILES string of the molecule is OC1(C(F)(F)F)[C@@H]2CC[C@@H]1CN(Cc1ccccc1)C2. The third-order valence-electron chi connectivity index (χ3n) is 4.77. The van der Waals surface area contributed by atoms with Gasteiger partial charge >= 0.3 is 6.18 Å². The van der Waals surface area contributed by atoms with Crippen LogP contribution in [-0.4, -0.2) is 34.9 Å². The number of hydrogen-bond acceptors (Lipinski definition) is 2. The van der Waals surface area contributed by atoms with E-state index in [0.29, 0.717) is 32.5 Å². The third-order valence-corrected chi connectivity index (χ3v) is 4.77. The van der Waals surface area contributed by atoms with Gasteiger partial charge in [-0.05, 0) is 18.4 Å². The first-order chi connectivity index (χ1) is 9.41. The minimum absolute atomic E-state index is 0.321. The highest BCUT2D eigenvalue weighted by molar-refractivity contribution is 5.16. The fourth-order valence-electron chi connectivity index (χ4n) is 3.77. The van der Waals surface area contributed by atoms with Crippen molar-refractivity contribution in [3.8, 4) is 0 Å². The quantitative estimate of drug-likeness (QED) is 0.903. The van der Waals surface area contributed by atoms with Crippen molar-refractivity contribution in [1.82, 2.24) is 4.90 Å². The lowest BCUT2D eigenvalue weighted by atomic mass is 9.79. The van der Waals surface area contributed by atoms with Gasteiger partial charge < -0.3 is 5.11 Å². The van der Waals surface area contributed by atoms with E-state index in [-0.39, 0.29) is 0 Å². The molecule has 0 amide bonds. The number of nitrogens with zero attached hydrogens (tertiary/aromatic N) is 1. The second-order valence-electron chi connectivity index (χ2n) is 5.97. The molecule has 1 aromatic rings. The monoisotopic (exact) mass is 285 g/mol. The zero-order chi connectivity index (χ0) is 14.4. The lowest BCUT2D eigenvalue weighted by Crippen LogP contribution is -2.61. The first-order valence-corrected chi connectivity index (χ1v) is 6.96. The van der Waals surface area contributed by atoms with Crippen molar-refractivity contribution in [2.75, 3.05) is 13.1 Å². The van der Waals surface area contributed by atoms with Crippen LogP contribution in [0.2, 0.25) is 0 Å². The fraction of sp³-hybridized carbons (Fsp3) is 0.600. The number of fused-ring (bicyclic) bond motifs is 2.